The smallest absolute Gasteiger partial charge is 0.324 e. The average Bonchev–Trinajstić information content (AvgIpc) is 2.37. The van der Waals surface area contributed by atoms with Gasteiger partial charge in [0.25, 0.3) is 0 Å². The van der Waals surface area contributed by atoms with Crippen LogP contribution in [-0.4, -0.2) is 26.2 Å². The lowest BCUT2D eigenvalue weighted by molar-refractivity contribution is -0.175. The standard InChI is InChI=1S/C13H20O4/c1-7-9(3)13(10(4)8-2,11(14)16-5)12(15)17-6/h7-10H,1-2H2,3-6H3. The topological polar surface area (TPSA) is 52.6 Å². The number of allylic oxidation sites excluding steroid dienone is 2. The molecular weight excluding hydrogens is 220 g/mol. The molecule has 0 saturated heterocycles. The van der Waals surface area contributed by atoms with Gasteiger partial charge in [0.15, 0.2) is 5.41 Å². The second-order valence-electron chi connectivity index (χ2n) is 3.90. The normalized spacial score (nSPS) is 14.4. The van der Waals surface area contributed by atoms with Gasteiger partial charge in [0.1, 0.15) is 0 Å². The van der Waals surface area contributed by atoms with Crippen molar-refractivity contribution in [1.82, 2.24) is 0 Å². The lowest BCUT2D eigenvalue weighted by Crippen LogP contribution is -2.50. The lowest BCUT2D eigenvalue weighted by Gasteiger charge is -2.35. The molecule has 4 nitrogen and oxygen atoms in total. The Morgan fingerprint density at radius 3 is 1.47 bits per heavy atom. The number of ether oxygens (including phenoxy) is 2. The zero-order chi connectivity index (χ0) is 13.6. The van der Waals surface area contributed by atoms with Crippen LogP contribution in [0.3, 0.4) is 0 Å². The van der Waals surface area contributed by atoms with Crippen LogP contribution in [0.5, 0.6) is 0 Å². The summed E-state index contributed by atoms with van der Waals surface area (Å²) in [6, 6.07) is 0. The summed E-state index contributed by atoms with van der Waals surface area (Å²) in [5.74, 6) is -2.11. The molecule has 0 aromatic carbocycles. The summed E-state index contributed by atoms with van der Waals surface area (Å²) in [4.78, 5) is 24.0. The number of rotatable bonds is 6. The number of methoxy groups -OCH3 is 2. The van der Waals surface area contributed by atoms with E-state index < -0.39 is 29.2 Å². The van der Waals surface area contributed by atoms with Gasteiger partial charge in [0.2, 0.25) is 0 Å². The van der Waals surface area contributed by atoms with Crippen molar-refractivity contribution in [2.24, 2.45) is 17.3 Å². The number of esters is 2. The van der Waals surface area contributed by atoms with E-state index >= 15 is 0 Å². The lowest BCUT2D eigenvalue weighted by atomic mass is 9.67. The van der Waals surface area contributed by atoms with Crippen LogP contribution >= 0.6 is 0 Å². The number of carbonyl (C=O) groups is 2. The van der Waals surface area contributed by atoms with Crippen molar-refractivity contribution in [3.05, 3.63) is 25.3 Å². The van der Waals surface area contributed by atoms with Gasteiger partial charge in [-0.15, -0.1) is 13.2 Å². The van der Waals surface area contributed by atoms with Crippen LogP contribution < -0.4 is 0 Å². The fourth-order valence-corrected chi connectivity index (χ4v) is 1.95. The first-order chi connectivity index (χ1) is 7.93. The molecule has 0 aromatic heterocycles. The van der Waals surface area contributed by atoms with Gasteiger partial charge in [-0.1, -0.05) is 26.0 Å². The highest BCUT2D eigenvalue weighted by molar-refractivity contribution is 6.01. The Labute approximate surface area is 102 Å². The highest BCUT2D eigenvalue weighted by Gasteiger charge is 2.54. The molecule has 0 amide bonds. The third kappa shape index (κ3) is 2.40. The molecule has 0 radical (unpaired) electrons. The van der Waals surface area contributed by atoms with E-state index in [1.165, 1.54) is 26.4 Å². The molecule has 2 atom stereocenters. The maximum Gasteiger partial charge on any atom is 0.324 e. The molecule has 2 unspecified atom stereocenters. The summed E-state index contributed by atoms with van der Waals surface area (Å²) < 4.78 is 9.50. The molecule has 0 bridgehead atoms. The summed E-state index contributed by atoms with van der Waals surface area (Å²) in [5, 5.41) is 0. The van der Waals surface area contributed by atoms with Crippen molar-refractivity contribution < 1.29 is 19.1 Å². The van der Waals surface area contributed by atoms with Crippen LogP contribution in [0.25, 0.3) is 0 Å². The van der Waals surface area contributed by atoms with Crippen molar-refractivity contribution in [3.8, 4) is 0 Å². The molecule has 4 heteroatoms. The molecule has 0 aliphatic rings. The second-order valence-corrected chi connectivity index (χ2v) is 3.90. The summed E-state index contributed by atoms with van der Waals surface area (Å²) in [7, 11) is 2.48. The number of hydrogen-bond acceptors (Lipinski definition) is 4. The molecule has 17 heavy (non-hydrogen) atoms. The quantitative estimate of drug-likeness (QED) is 0.404. The van der Waals surface area contributed by atoms with Crippen molar-refractivity contribution >= 4 is 11.9 Å². The second kappa shape index (κ2) is 6.23. The molecule has 0 saturated carbocycles. The van der Waals surface area contributed by atoms with Gasteiger partial charge in [-0.3, -0.25) is 9.59 Å². The van der Waals surface area contributed by atoms with Crippen LogP contribution in [0, 0.1) is 17.3 Å². The molecule has 0 aliphatic heterocycles. The first-order valence-electron chi connectivity index (χ1n) is 5.35. The van der Waals surface area contributed by atoms with E-state index in [1.807, 2.05) is 0 Å². The van der Waals surface area contributed by atoms with E-state index in [0.717, 1.165) is 0 Å². The van der Waals surface area contributed by atoms with E-state index in [4.69, 9.17) is 9.47 Å². The van der Waals surface area contributed by atoms with Crippen molar-refractivity contribution in [1.29, 1.82) is 0 Å². The summed E-state index contributed by atoms with van der Waals surface area (Å²) in [6.45, 7) is 10.7. The molecule has 0 aromatic rings. The minimum absolute atomic E-state index is 0.421. The average molecular weight is 240 g/mol. The van der Waals surface area contributed by atoms with Crippen LogP contribution in [0.15, 0.2) is 25.3 Å². The monoisotopic (exact) mass is 240 g/mol. The fraction of sp³-hybridized carbons (Fsp3) is 0.538. The molecule has 0 fully saturated rings. The highest BCUT2D eigenvalue weighted by atomic mass is 16.5. The van der Waals surface area contributed by atoms with Gasteiger partial charge in [-0.05, 0) is 0 Å². The van der Waals surface area contributed by atoms with Crippen molar-refractivity contribution in [2.75, 3.05) is 14.2 Å². The predicted octanol–water partition coefficient (Wildman–Crippen LogP) is 1.96. The van der Waals surface area contributed by atoms with Crippen LogP contribution in [0.1, 0.15) is 13.8 Å². The van der Waals surface area contributed by atoms with Crippen molar-refractivity contribution in [3.63, 3.8) is 0 Å². The maximum atomic E-state index is 12.0. The molecule has 0 rings (SSSR count). The Morgan fingerprint density at radius 2 is 1.29 bits per heavy atom. The SMILES string of the molecule is C=CC(C)C(C(=O)OC)(C(=O)OC)C(C)C=C. The van der Waals surface area contributed by atoms with E-state index in [9.17, 15) is 9.59 Å². The highest BCUT2D eigenvalue weighted by Crippen LogP contribution is 2.40. The van der Waals surface area contributed by atoms with Gasteiger partial charge in [-0.2, -0.15) is 0 Å². The van der Waals surface area contributed by atoms with Crippen LogP contribution in [0.2, 0.25) is 0 Å². The third-order valence-electron chi connectivity index (χ3n) is 3.19. The van der Waals surface area contributed by atoms with Crippen LogP contribution in [0.4, 0.5) is 0 Å². The van der Waals surface area contributed by atoms with E-state index in [-0.39, 0.29) is 0 Å². The first kappa shape index (κ1) is 15.4. The zero-order valence-corrected chi connectivity index (χ0v) is 10.9. The molecule has 0 N–H and O–H groups in total. The van der Waals surface area contributed by atoms with E-state index in [2.05, 4.69) is 13.2 Å². The molecule has 0 heterocycles. The van der Waals surface area contributed by atoms with Gasteiger partial charge in [0, 0.05) is 11.8 Å². The molecule has 0 aliphatic carbocycles. The van der Waals surface area contributed by atoms with Gasteiger partial charge in [-0.25, -0.2) is 0 Å². The van der Waals surface area contributed by atoms with Gasteiger partial charge in [0.05, 0.1) is 14.2 Å². The summed E-state index contributed by atoms with van der Waals surface area (Å²) >= 11 is 0. The third-order valence-corrected chi connectivity index (χ3v) is 3.19. The van der Waals surface area contributed by atoms with Gasteiger partial charge >= 0.3 is 11.9 Å². The van der Waals surface area contributed by atoms with E-state index in [0.29, 0.717) is 0 Å². The Kier molecular flexibility index (Phi) is 5.65. The number of carbonyl (C=O) groups excluding carboxylic acids is 2. The van der Waals surface area contributed by atoms with Crippen LogP contribution in [-0.2, 0) is 19.1 Å². The maximum absolute atomic E-state index is 12.0. The Morgan fingerprint density at radius 1 is 1.00 bits per heavy atom. The zero-order valence-electron chi connectivity index (χ0n) is 10.9. The van der Waals surface area contributed by atoms with Crippen molar-refractivity contribution in [2.45, 2.75) is 13.8 Å². The minimum atomic E-state index is -1.42. The predicted molar refractivity (Wildman–Crippen MR) is 65.2 cm³/mol. The fourth-order valence-electron chi connectivity index (χ4n) is 1.95. The molecule has 96 valence electrons. The number of hydrogen-bond donors (Lipinski definition) is 0. The Hall–Kier alpha value is -1.58. The minimum Gasteiger partial charge on any atom is -0.468 e. The summed E-state index contributed by atoms with van der Waals surface area (Å²) in [5.41, 5.74) is -1.42. The largest absolute Gasteiger partial charge is 0.468 e. The Balaban J connectivity index is 5.86. The van der Waals surface area contributed by atoms with E-state index in [1.54, 1.807) is 13.8 Å². The first-order valence-corrected chi connectivity index (χ1v) is 5.35. The molecular formula is C13H20O4. The molecule has 0 spiro atoms. The Bertz CT molecular complexity index is 287. The summed E-state index contributed by atoms with van der Waals surface area (Å²) in [6.07, 6.45) is 3.07. The van der Waals surface area contributed by atoms with Gasteiger partial charge < -0.3 is 9.47 Å².